The first-order valence-corrected chi connectivity index (χ1v) is 6.63. The zero-order chi connectivity index (χ0) is 11.8. The van der Waals surface area contributed by atoms with E-state index in [2.05, 4.69) is 10.6 Å². The van der Waals surface area contributed by atoms with Gasteiger partial charge < -0.3 is 15.7 Å². The van der Waals surface area contributed by atoms with Gasteiger partial charge in [-0.15, -0.1) is 11.8 Å². The Bertz CT molecular complexity index is 317. The summed E-state index contributed by atoms with van der Waals surface area (Å²) in [4.78, 5) is 23.2. The summed E-state index contributed by atoms with van der Waals surface area (Å²) < 4.78 is 0. The second-order valence-corrected chi connectivity index (χ2v) is 5.50. The third kappa shape index (κ3) is 2.17. The number of amides is 2. The third-order valence-electron chi connectivity index (χ3n) is 3.13. The molecule has 0 spiro atoms. The van der Waals surface area contributed by atoms with Crippen molar-refractivity contribution in [1.29, 1.82) is 0 Å². The number of hydrogen-bond acceptors (Lipinski definition) is 4. The fourth-order valence-corrected chi connectivity index (χ4v) is 2.60. The molecule has 1 aliphatic heterocycles. The van der Waals surface area contributed by atoms with Crippen molar-refractivity contribution in [2.24, 2.45) is 5.92 Å². The maximum absolute atomic E-state index is 11.9. The van der Waals surface area contributed by atoms with E-state index in [4.69, 9.17) is 0 Å². The quantitative estimate of drug-likeness (QED) is 0.460. The van der Waals surface area contributed by atoms with Crippen molar-refractivity contribution in [3.05, 3.63) is 0 Å². The molecule has 2 aliphatic rings. The van der Waals surface area contributed by atoms with Gasteiger partial charge in [0.05, 0.1) is 11.0 Å². The lowest BCUT2D eigenvalue weighted by atomic mass is 9.94. The zero-order valence-corrected chi connectivity index (χ0v) is 9.97. The molecule has 0 aromatic rings. The van der Waals surface area contributed by atoms with Gasteiger partial charge in [0, 0.05) is 6.54 Å². The summed E-state index contributed by atoms with van der Waals surface area (Å²) in [7, 11) is 0. The molecule has 2 amide bonds. The predicted molar refractivity (Wildman–Crippen MR) is 60.7 cm³/mol. The largest absolute Gasteiger partial charge is 0.392 e. The summed E-state index contributed by atoms with van der Waals surface area (Å²) in [5.41, 5.74) is 0. The van der Waals surface area contributed by atoms with Crippen molar-refractivity contribution < 1.29 is 14.7 Å². The molecule has 6 heteroatoms. The van der Waals surface area contributed by atoms with Gasteiger partial charge in [-0.25, -0.2) is 0 Å². The number of carbonyl (C=O) groups excluding carboxylic acids is 2. The molecule has 0 bridgehead atoms. The lowest BCUT2D eigenvalue weighted by Gasteiger charge is -2.27. The minimum absolute atomic E-state index is 0.186. The van der Waals surface area contributed by atoms with Crippen molar-refractivity contribution in [2.75, 3.05) is 12.8 Å². The normalized spacial score (nSPS) is 31.8. The Morgan fingerprint density at radius 1 is 1.62 bits per heavy atom. The first-order valence-electron chi connectivity index (χ1n) is 5.41. The number of aliphatic hydroxyl groups is 1. The van der Waals surface area contributed by atoms with Gasteiger partial charge in [0.25, 0.3) is 0 Å². The molecule has 0 aromatic heterocycles. The van der Waals surface area contributed by atoms with Crippen LogP contribution in [0.5, 0.6) is 0 Å². The Balaban J connectivity index is 2.00. The molecule has 1 heterocycles. The molecule has 2 atom stereocenters. The van der Waals surface area contributed by atoms with Gasteiger partial charge >= 0.3 is 0 Å². The standard InChI is InChI=1S/C10H16N2O3S/c1-16-10(3-4-10)12-9(15)7-6(13)2-5-11-8(7)14/h6-7,13H,2-5H2,1H3,(H,11,14)(H,12,15). The molecule has 1 saturated heterocycles. The molecule has 90 valence electrons. The van der Waals surface area contributed by atoms with Crippen LogP contribution in [0.25, 0.3) is 0 Å². The molecule has 2 fully saturated rings. The highest BCUT2D eigenvalue weighted by atomic mass is 32.2. The molecule has 0 radical (unpaired) electrons. The van der Waals surface area contributed by atoms with E-state index in [-0.39, 0.29) is 16.7 Å². The molecule has 16 heavy (non-hydrogen) atoms. The average molecular weight is 244 g/mol. The molecule has 5 nitrogen and oxygen atoms in total. The van der Waals surface area contributed by atoms with E-state index in [1.165, 1.54) is 0 Å². The number of piperidine rings is 1. The highest BCUT2D eigenvalue weighted by Crippen LogP contribution is 2.44. The Hall–Kier alpha value is -0.750. The van der Waals surface area contributed by atoms with Gasteiger partial charge in [0.15, 0.2) is 0 Å². The maximum Gasteiger partial charge on any atom is 0.236 e. The molecular weight excluding hydrogens is 228 g/mol. The van der Waals surface area contributed by atoms with Crippen LogP contribution in [0.1, 0.15) is 19.3 Å². The van der Waals surface area contributed by atoms with Gasteiger partial charge in [0.1, 0.15) is 5.92 Å². The highest BCUT2D eigenvalue weighted by Gasteiger charge is 2.46. The second-order valence-electron chi connectivity index (χ2n) is 4.31. The van der Waals surface area contributed by atoms with Gasteiger partial charge in [-0.1, -0.05) is 0 Å². The van der Waals surface area contributed by atoms with E-state index in [1.54, 1.807) is 11.8 Å². The lowest BCUT2D eigenvalue weighted by molar-refractivity contribution is -0.142. The van der Waals surface area contributed by atoms with Crippen molar-refractivity contribution in [3.63, 3.8) is 0 Å². The molecule has 3 N–H and O–H groups in total. The van der Waals surface area contributed by atoms with Crippen molar-refractivity contribution in [3.8, 4) is 0 Å². The highest BCUT2D eigenvalue weighted by molar-refractivity contribution is 8.00. The third-order valence-corrected chi connectivity index (χ3v) is 4.43. The number of carbonyl (C=O) groups is 2. The van der Waals surface area contributed by atoms with Crippen LogP contribution in [0.15, 0.2) is 0 Å². The SMILES string of the molecule is CSC1(NC(=O)C2C(=O)NCCC2O)CC1. The van der Waals surface area contributed by atoms with Gasteiger partial charge in [0.2, 0.25) is 11.8 Å². The van der Waals surface area contributed by atoms with Crippen molar-refractivity contribution >= 4 is 23.6 Å². The minimum atomic E-state index is -0.946. The van der Waals surface area contributed by atoms with E-state index < -0.39 is 12.0 Å². The zero-order valence-electron chi connectivity index (χ0n) is 9.16. The van der Waals surface area contributed by atoms with Crippen LogP contribution < -0.4 is 10.6 Å². The van der Waals surface area contributed by atoms with Crippen LogP contribution in [-0.4, -0.2) is 40.7 Å². The summed E-state index contributed by atoms with van der Waals surface area (Å²) in [6.45, 7) is 0.442. The van der Waals surface area contributed by atoms with E-state index in [0.29, 0.717) is 13.0 Å². The Kier molecular flexibility index (Phi) is 3.12. The number of aliphatic hydroxyl groups excluding tert-OH is 1. The van der Waals surface area contributed by atoms with E-state index in [9.17, 15) is 14.7 Å². The first-order chi connectivity index (χ1) is 7.58. The Morgan fingerprint density at radius 2 is 2.31 bits per heavy atom. The second kappa shape index (κ2) is 4.25. The fourth-order valence-electron chi connectivity index (χ4n) is 1.88. The van der Waals surface area contributed by atoms with E-state index in [1.807, 2.05) is 6.26 Å². The van der Waals surface area contributed by atoms with Crippen LogP contribution in [0, 0.1) is 5.92 Å². The number of thioether (sulfide) groups is 1. The number of hydrogen-bond donors (Lipinski definition) is 3. The Morgan fingerprint density at radius 3 is 2.81 bits per heavy atom. The van der Waals surface area contributed by atoms with Crippen molar-refractivity contribution in [2.45, 2.75) is 30.2 Å². The summed E-state index contributed by atoms with van der Waals surface area (Å²) in [6, 6.07) is 0. The summed E-state index contributed by atoms with van der Waals surface area (Å²) in [5, 5.41) is 15.1. The van der Waals surface area contributed by atoms with Crippen LogP contribution in [0.2, 0.25) is 0 Å². The lowest BCUT2D eigenvalue weighted by Crippen LogP contribution is -2.53. The van der Waals surface area contributed by atoms with Crippen molar-refractivity contribution in [1.82, 2.24) is 10.6 Å². The summed E-state index contributed by atoms with van der Waals surface area (Å²) in [6.07, 6.45) is 3.39. The smallest absolute Gasteiger partial charge is 0.236 e. The Labute approximate surface area is 98.4 Å². The monoisotopic (exact) mass is 244 g/mol. The molecule has 0 aromatic carbocycles. The van der Waals surface area contributed by atoms with Crippen LogP contribution in [0.4, 0.5) is 0 Å². The molecule has 1 saturated carbocycles. The number of rotatable bonds is 3. The fraction of sp³-hybridized carbons (Fsp3) is 0.800. The topological polar surface area (TPSA) is 78.4 Å². The van der Waals surface area contributed by atoms with Crippen LogP contribution in [-0.2, 0) is 9.59 Å². The van der Waals surface area contributed by atoms with Crippen LogP contribution in [0.3, 0.4) is 0 Å². The maximum atomic E-state index is 11.9. The van der Waals surface area contributed by atoms with Gasteiger partial charge in [-0.2, -0.15) is 0 Å². The van der Waals surface area contributed by atoms with Gasteiger partial charge in [-0.3, -0.25) is 9.59 Å². The molecular formula is C10H16N2O3S. The van der Waals surface area contributed by atoms with Gasteiger partial charge in [-0.05, 0) is 25.5 Å². The van der Waals surface area contributed by atoms with E-state index >= 15 is 0 Å². The first kappa shape index (κ1) is 11.7. The summed E-state index contributed by atoms with van der Waals surface area (Å²) in [5.74, 6) is -1.66. The molecule has 1 aliphatic carbocycles. The predicted octanol–water partition coefficient (Wildman–Crippen LogP) is -0.547. The van der Waals surface area contributed by atoms with Crippen LogP contribution >= 0.6 is 11.8 Å². The summed E-state index contributed by atoms with van der Waals surface area (Å²) >= 11 is 1.59. The molecule has 2 unspecified atom stereocenters. The molecule has 2 rings (SSSR count). The minimum Gasteiger partial charge on any atom is -0.392 e. The van der Waals surface area contributed by atoms with E-state index in [0.717, 1.165) is 12.8 Å². The average Bonchev–Trinajstić information content (AvgIpc) is 2.98. The number of nitrogens with one attached hydrogen (secondary N) is 2.